The Hall–Kier alpha value is -3.12. The molecule has 0 aromatic heterocycles. The summed E-state index contributed by atoms with van der Waals surface area (Å²) in [5.41, 5.74) is 7.29. The third-order valence-corrected chi connectivity index (χ3v) is 4.46. The number of benzene rings is 1. The van der Waals surface area contributed by atoms with E-state index >= 15 is 0 Å². The van der Waals surface area contributed by atoms with Crippen LogP contribution in [0.5, 0.6) is 5.75 Å². The molecule has 0 saturated heterocycles. The molecule has 0 spiro atoms. The van der Waals surface area contributed by atoms with Gasteiger partial charge < -0.3 is 21.1 Å². The summed E-state index contributed by atoms with van der Waals surface area (Å²) in [6.45, 7) is 4.26. The van der Waals surface area contributed by atoms with Crippen LogP contribution in [0.4, 0.5) is 4.48 Å². The number of ether oxygens (including phenoxy) is 1. The minimum atomic E-state index is -1.04. The largest absolute Gasteiger partial charge is 0.481 e. The van der Waals surface area contributed by atoms with Crippen molar-refractivity contribution < 1.29 is 23.6 Å². The fourth-order valence-corrected chi connectivity index (χ4v) is 2.84. The van der Waals surface area contributed by atoms with E-state index in [-0.39, 0.29) is 24.9 Å². The maximum atomic E-state index is 12.9. The van der Waals surface area contributed by atoms with Gasteiger partial charge in [-0.25, -0.2) is 0 Å². The highest BCUT2D eigenvalue weighted by atomic mass is 19.2. The molecular weight excluding hydrogens is 403 g/mol. The van der Waals surface area contributed by atoms with E-state index in [0.29, 0.717) is 37.1 Å². The van der Waals surface area contributed by atoms with Crippen molar-refractivity contribution in [3.8, 4) is 18.1 Å². The zero-order valence-electron chi connectivity index (χ0n) is 17.9. The minimum Gasteiger partial charge on any atom is -0.481 e. The lowest BCUT2D eigenvalue weighted by molar-refractivity contribution is -0.130. The Labute approximate surface area is 182 Å². The van der Waals surface area contributed by atoms with Crippen molar-refractivity contribution in [1.29, 1.82) is 0 Å². The molecule has 0 saturated carbocycles. The van der Waals surface area contributed by atoms with Crippen molar-refractivity contribution in [3.05, 3.63) is 29.8 Å². The normalized spacial score (nSPS) is 12.5. The van der Waals surface area contributed by atoms with Gasteiger partial charge in [0, 0.05) is 12.1 Å². The third-order valence-electron chi connectivity index (χ3n) is 4.46. The molecule has 1 aromatic rings. The van der Waals surface area contributed by atoms with E-state index in [0.717, 1.165) is 0 Å². The maximum absolute atomic E-state index is 12.9. The van der Waals surface area contributed by atoms with Crippen LogP contribution in [0.25, 0.3) is 0 Å². The van der Waals surface area contributed by atoms with Crippen LogP contribution in [0, 0.1) is 18.3 Å². The fourth-order valence-electron chi connectivity index (χ4n) is 2.84. The van der Waals surface area contributed by atoms with Gasteiger partial charge in [-0.1, -0.05) is 19.8 Å². The van der Waals surface area contributed by atoms with Crippen LogP contribution in [0.1, 0.15) is 49.9 Å². The van der Waals surface area contributed by atoms with Crippen LogP contribution in [0.2, 0.25) is 0 Å². The monoisotopic (exact) mass is 434 g/mol. The Morgan fingerprint density at radius 2 is 1.84 bits per heavy atom. The molecule has 8 nitrogen and oxygen atoms in total. The minimum absolute atomic E-state index is 0.0984. The Kier molecular flexibility index (Phi) is 11.7. The molecule has 0 aliphatic rings. The number of nitrogens with one attached hydrogen (secondary N) is 3. The van der Waals surface area contributed by atoms with Crippen molar-refractivity contribution in [2.45, 2.75) is 51.6 Å². The lowest BCUT2D eigenvalue weighted by Crippen LogP contribution is -2.50. The summed E-state index contributed by atoms with van der Waals surface area (Å²) in [7, 11) is 0. The summed E-state index contributed by atoms with van der Waals surface area (Å²) in [6.07, 6.45) is 6.81. The Morgan fingerprint density at radius 3 is 2.39 bits per heavy atom. The van der Waals surface area contributed by atoms with Crippen molar-refractivity contribution in [3.63, 3.8) is 0 Å². The second kappa shape index (κ2) is 14.0. The highest BCUT2D eigenvalue weighted by molar-refractivity contribution is 5.94. The van der Waals surface area contributed by atoms with Crippen molar-refractivity contribution in [1.82, 2.24) is 16.2 Å². The summed E-state index contributed by atoms with van der Waals surface area (Å²) in [4.78, 5) is 35.9. The van der Waals surface area contributed by atoms with Gasteiger partial charge in [0.05, 0.1) is 0 Å². The lowest BCUT2D eigenvalue weighted by atomic mass is 10.0. The summed E-state index contributed by atoms with van der Waals surface area (Å²) in [5.74, 6) is 1.50. The second-order valence-corrected chi connectivity index (χ2v) is 7.52. The van der Waals surface area contributed by atoms with Crippen molar-refractivity contribution in [2.24, 2.45) is 11.7 Å². The van der Waals surface area contributed by atoms with E-state index in [1.165, 1.54) is 5.54 Å². The molecule has 0 fully saturated rings. The van der Waals surface area contributed by atoms with Crippen LogP contribution < -0.4 is 26.6 Å². The number of hydrogen-bond acceptors (Lipinski definition) is 5. The van der Waals surface area contributed by atoms with E-state index in [1.54, 1.807) is 24.3 Å². The first kappa shape index (κ1) is 25.9. The number of hydrogen-bond donors (Lipinski definition) is 4. The quantitative estimate of drug-likeness (QED) is 0.201. The predicted octanol–water partition coefficient (Wildman–Crippen LogP) is 1.46. The molecule has 1 rings (SSSR count). The fraction of sp³-hybridized carbons (Fsp3) is 0.500. The molecule has 1 aromatic carbocycles. The Bertz CT molecular complexity index is 762. The van der Waals surface area contributed by atoms with Gasteiger partial charge in [0.25, 0.3) is 5.91 Å². The number of amides is 3. The molecule has 9 heteroatoms. The number of carbonyl (C=O) groups is 3. The number of halogens is 1. The number of primary amides is 1. The molecule has 0 radical (unpaired) electrons. The molecule has 0 aliphatic heterocycles. The van der Waals surface area contributed by atoms with E-state index in [9.17, 15) is 18.9 Å². The molecule has 0 bridgehead atoms. The van der Waals surface area contributed by atoms with Gasteiger partial charge in [-0.05, 0) is 55.9 Å². The van der Waals surface area contributed by atoms with Gasteiger partial charge in [0.15, 0.2) is 0 Å². The Morgan fingerprint density at radius 1 is 1.16 bits per heavy atom. The molecule has 170 valence electrons. The van der Waals surface area contributed by atoms with Gasteiger partial charge in [-0.15, -0.1) is 16.4 Å². The summed E-state index contributed by atoms with van der Waals surface area (Å²) >= 11 is 0. The molecule has 5 N–H and O–H groups in total. The van der Waals surface area contributed by atoms with E-state index in [2.05, 4.69) is 16.6 Å². The first-order chi connectivity index (χ1) is 14.8. The predicted molar refractivity (Wildman–Crippen MR) is 116 cm³/mol. The topological polar surface area (TPSA) is 123 Å². The third kappa shape index (κ3) is 9.96. The van der Waals surface area contributed by atoms with Crippen LogP contribution in [0.15, 0.2) is 24.3 Å². The summed E-state index contributed by atoms with van der Waals surface area (Å²) < 4.78 is 18.1. The molecular formula is C22H31FN4O4. The average molecular weight is 435 g/mol. The van der Waals surface area contributed by atoms with Crippen LogP contribution in [0.3, 0.4) is 0 Å². The second-order valence-electron chi connectivity index (χ2n) is 7.52. The number of unbranched alkanes of at least 4 members (excludes halogenated alkanes) is 1. The van der Waals surface area contributed by atoms with E-state index < -0.39 is 23.9 Å². The first-order valence-corrected chi connectivity index (χ1v) is 10.2. The smallest absolute Gasteiger partial charge is 0.251 e. The molecule has 31 heavy (non-hydrogen) atoms. The summed E-state index contributed by atoms with van der Waals surface area (Å²) in [5, 5.41) is 5.27. The SMILES string of the molecule is C#CCOc1ccc(C(=O)NCCCC[C@H](NC(=O)[C@H](CC(C)C)NF)C(N)=O)cc1. The molecule has 0 aliphatic carbocycles. The molecule has 0 unspecified atom stereocenters. The highest BCUT2D eigenvalue weighted by Gasteiger charge is 2.24. The number of terminal acetylenes is 1. The van der Waals surface area contributed by atoms with Crippen LogP contribution in [-0.2, 0) is 9.59 Å². The highest BCUT2D eigenvalue weighted by Crippen LogP contribution is 2.12. The van der Waals surface area contributed by atoms with Gasteiger partial charge in [-0.3, -0.25) is 14.4 Å². The van der Waals surface area contributed by atoms with E-state index in [4.69, 9.17) is 16.9 Å². The Balaban J connectivity index is 2.39. The molecule has 2 atom stereocenters. The number of rotatable bonds is 14. The molecule has 0 heterocycles. The zero-order chi connectivity index (χ0) is 23.2. The standard InChI is InChI=1S/C22H31FN4O4/c1-4-13-31-17-10-8-16(9-11-17)21(29)25-12-6-5-7-18(20(24)28)26-22(30)19(27-23)14-15(2)3/h1,8-11,15,18-19,27H,5-7,12-14H2,2-3H3,(H2,24,28)(H,25,29)(H,26,30)/t18-,19-/m0/s1. The van der Waals surface area contributed by atoms with Gasteiger partial charge in [0.1, 0.15) is 24.4 Å². The van der Waals surface area contributed by atoms with Gasteiger partial charge in [-0.2, -0.15) is 0 Å². The van der Waals surface area contributed by atoms with Crippen molar-refractivity contribution in [2.75, 3.05) is 13.2 Å². The maximum Gasteiger partial charge on any atom is 0.251 e. The van der Waals surface area contributed by atoms with Crippen LogP contribution >= 0.6 is 0 Å². The first-order valence-electron chi connectivity index (χ1n) is 10.2. The van der Waals surface area contributed by atoms with Gasteiger partial charge >= 0.3 is 0 Å². The van der Waals surface area contributed by atoms with Crippen molar-refractivity contribution >= 4 is 17.7 Å². The van der Waals surface area contributed by atoms with Gasteiger partial charge in [0.2, 0.25) is 11.8 Å². The van der Waals surface area contributed by atoms with Crippen LogP contribution in [-0.4, -0.2) is 43.0 Å². The van der Waals surface area contributed by atoms with E-state index in [1.807, 2.05) is 13.8 Å². The number of carbonyl (C=O) groups excluding carboxylic acids is 3. The summed E-state index contributed by atoms with van der Waals surface area (Å²) in [6, 6.07) is 4.64. The lowest BCUT2D eigenvalue weighted by Gasteiger charge is -2.20. The number of nitrogens with two attached hydrogens (primary N) is 1. The average Bonchev–Trinajstić information content (AvgIpc) is 2.74. The molecule has 3 amide bonds. The zero-order valence-corrected chi connectivity index (χ0v) is 17.9.